The van der Waals surface area contributed by atoms with Gasteiger partial charge in [0.05, 0.1) is 0 Å². The van der Waals surface area contributed by atoms with Gasteiger partial charge in [-0.3, -0.25) is 9.59 Å². The predicted octanol–water partition coefficient (Wildman–Crippen LogP) is 7.23. The molecule has 0 atom stereocenters. The maximum Gasteiger partial charge on any atom is 0.193 e. The van der Waals surface area contributed by atoms with Crippen LogP contribution in [0, 0.1) is 13.8 Å². The van der Waals surface area contributed by atoms with Crippen molar-refractivity contribution >= 4 is 28.9 Å². The Labute approximate surface area is 216 Å². The van der Waals surface area contributed by atoms with Crippen LogP contribution in [0.1, 0.15) is 117 Å². The number of hydrogen-bond donors (Lipinski definition) is 0. The number of carbonyl (C=O) groups is 5. The number of benzene rings is 2. The highest BCUT2D eigenvalue weighted by Crippen LogP contribution is 2.21. The molecule has 0 N–H and O–H groups in total. The van der Waals surface area contributed by atoms with Crippen LogP contribution in [0.25, 0.3) is 0 Å². The van der Waals surface area contributed by atoms with Crippen LogP contribution in [-0.2, 0) is 14.4 Å². The Hall–Kier alpha value is -3.21. The first-order valence-corrected chi connectivity index (χ1v) is 12.3. The number of ketones is 5. The van der Waals surface area contributed by atoms with Gasteiger partial charge >= 0.3 is 0 Å². The molecule has 0 amide bonds. The van der Waals surface area contributed by atoms with E-state index in [1.165, 1.54) is 13.8 Å². The van der Waals surface area contributed by atoms with Crippen LogP contribution < -0.4 is 0 Å². The van der Waals surface area contributed by atoms with Gasteiger partial charge in [0.25, 0.3) is 0 Å². The van der Waals surface area contributed by atoms with Crippen molar-refractivity contribution in [2.75, 3.05) is 0 Å². The van der Waals surface area contributed by atoms with Crippen LogP contribution in [0.3, 0.4) is 0 Å². The molecule has 196 valence electrons. The molecule has 0 aliphatic rings. The fourth-order valence-corrected chi connectivity index (χ4v) is 3.66. The molecule has 0 saturated heterocycles. The van der Waals surface area contributed by atoms with Gasteiger partial charge in [-0.15, -0.1) is 0 Å². The molecule has 2 aromatic carbocycles. The number of rotatable bonds is 13. The molecule has 2 rings (SSSR count). The van der Waals surface area contributed by atoms with E-state index in [0.717, 1.165) is 36.8 Å². The minimum absolute atomic E-state index is 0. The van der Waals surface area contributed by atoms with Gasteiger partial charge < -0.3 is 14.4 Å². The Bertz CT molecular complexity index is 1030. The molecule has 0 aliphatic carbocycles. The standard InChI is InChI=1S/C24H28O3.C6H10O2.CH4/c1-17-11-8-9-13-20(17)24(27)22-15-10-14-21(19(22)3)23(26)16-7-5-4-6-12-18(2)25;1-5(7)3-4-6(2)8;/h8-11,13-15H,4-7,12,16H2,1-3H3;3-4H2,1-2H3;1H4. The third-order valence-electron chi connectivity index (χ3n) is 5.78. The maximum absolute atomic E-state index is 12.9. The molecule has 2 aromatic rings. The highest BCUT2D eigenvalue weighted by Gasteiger charge is 2.18. The molecule has 0 aliphatic heterocycles. The molecule has 0 aromatic heterocycles. The maximum atomic E-state index is 12.9. The molecular weight excluding hydrogens is 452 g/mol. The van der Waals surface area contributed by atoms with Gasteiger partial charge in [0.15, 0.2) is 11.6 Å². The van der Waals surface area contributed by atoms with Crippen molar-refractivity contribution < 1.29 is 24.0 Å². The summed E-state index contributed by atoms with van der Waals surface area (Å²) in [6.07, 6.45) is 5.51. The van der Waals surface area contributed by atoms with Gasteiger partial charge in [-0.05, 0) is 58.6 Å². The van der Waals surface area contributed by atoms with E-state index in [2.05, 4.69) is 0 Å². The largest absolute Gasteiger partial charge is 0.300 e. The zero-order chi connectivity index (χ0) is 26.4. The van der Waals surface area contributed by atoms with Gasteiger partial charge in [0.1, 0.15) is 17.3 Å². The quantitative estimate of drug-likeness (QED) is 0.217. The molecule has 0 heterocycles. The van der Waals surface area contributed by atoms with Crippen molar-refractivity contribution in [1.82, 2.24) is 0 Å². The second kappa shape index (κ2) is 17.3. The number of carbonyl (C=O) groups excluding carboxylic acids is 5. The molecule has 5 nitrogen and oxygen atoms in total. The average molecular weight is 495 g/mol. The third kappa shape index (κ3) is 12.0. The van der Waals surface area contributed by atoms with Gasteiger partial charge in [-0.1, -0.05) is 62.7 Å². The monoisotopic (exact) mass is 494 g/mol. The highest BCUT2D eigenvalue weighted by atomic mass is 16.1. The molecule has 0 radical (unpaired) electrons. The Morgan fingerprint density at radius 2 is 1.03 bits per heavy atom. The highest BCUT2D eigenvalue weighted by molar-refractivity contribution is 6.12. The summed E-state index contributed by atoms with van der Waals surface area (Å²) in [6.45, 7) is 8.36. The van der Waals surface area contributed by atoms with Crippen molar-refractivity contribution in [2.45, 2.75) is 93.4 Å². The smallest absolute Gasteiger partial charge is 0.193 e. The molecule has 0 spiro atoms. The van der Waals surface area contributed by atoms with E-state index < -0.39 is 0 Å². The topological polar surface area (TPSA) is 85.3 Å². The summed E-state index contributed by atoms with van der Waals surface area (Å²) in [5, 5.41) is 0. The van der Waals surface area contributed by atoms with Crippen LogP contribution >= 0.6 is 0 Å². The first-order valence-electron chi connectivity index (χ1n) is 12.3. The Morgan fingerprint density at radius 3 is 1.56 bits per heavy atom. The minimum Gasteiger partial charge on any atom is -0.300 e. The molecule has 36 heavy (non-hydrogen) atoms. The second-order valence-electron chi connectivity index (χ2n) is 9.07. The van der Waals surface area contributed by atoms with Crippen LogP contribution in [0.4, 0.5) is 0 Å². The van der Waals surface area contributed by atoms with Crippen LogP contribution in [0.5, 0.6) is 0 Å². The summed E-state index contributed by atoms with van der Waals surface area (Å²) < 4.78 is 0. The number of hydrogen-bond acceptors (Lipinski definition) is 5. The summed E-state index contributed by atoms with van der Waals surface area (Å²) in [6, 6.07) is 12.9. The normalized spacial score (nSPS) is 9.92. The number of Topliss-reactive ketones (excluding diaryl/α,β-unsaturated/α-hetero) is 4. The third-order valence-corrected chi connectivity index (χ3v) is 5.78. The SMILES string of the molecule is C.CC(=O)CCC(C)=O.CC(=O)CCCCCCC(=O)c1cccc(C(=O)c2ccccc2C)c1C. The lowest BCUT2D eigenvalue weighted by molar-refractivity contribution is -0.122. The average Bonchev–Trinajstić information content (AvgIpc) is 2.80. The molecule has 0 bridgehead atoms. The van der Waals surface area contributed by atoms with Gasteiger partial charge in [-0.25, -0.2) is 0 Å². The Morgan fingerprint density at radius 1 is 0.556 bits per heavy atom. The lowest BCUT2D eigenvalue weighted by Gasteiger charge is -2.11. The van der Waals surface area contributed by atoms with Crippen molar-refractivity contribution in [2.24, 2.45) is 0 Å². The number of aryl methyl sites for hydroxylation is 1. The Balaban J connectivity index is 0.00000118. The van der Waals surface area contributed by atoms with Crippen LogP contribution in [0.2, 0.25) is 0 Å². The van der Waals surface area contributed by atoms with Gasteiger partial charge in [0, 0.05) is 42.4 Å². The van der Waals surface area contributed by atoms with E-state index >= 15 is 0 Å². The fourth-order valence-electron chi connectivity index (χ4n) is 3.66. The number of unbranched alkanes of at least 4 members (excludes halogenated alkanes) is 3. The van der Waals surface area contributed by atoms with Gasteiger partial charge in [0.2, 0.25) is 0 Å². The van der Waals surface area contributed by atoms with E-state index in [-0.39, 0.29) is 36.3 Å². The van der Waals surface area contributed by atoms with E-state index in [1.807, 2.05) is 44.2 Å². The van der Waals surface area contributed by atoms with E-state index in [1.54, 1.807) is 19.1 Å². The van der Waals surface area contributed by atoms with E-state index in [4.69, 9.17) is 0 Å². The summed E-state index contributed by atoms with van der Waals surface area (Å²) in [7, 11) is 0. The van der Waals surface area contributed by atoms with Gasteiger partial charge in [-0.2, -0.15) is 0 Å². The minimum atomic E-state index is -0.0375. The molecular formula is C31H42O5. The molecule has 0 fully saturated rings. The van der Waals surface area contributed by atoms with Crippen molar-refractivity contribution in [3.05, 3.63) is 70.3 Å². The molecule has 0 saturated carbocycles. The van der Waals surface area contributed by atoms with E-state index in [0.29, 0.717) is 42.4 Å². The summed E-state index contributed by atoms with van der Waals surface area (Å²) >= 11 is 0. The van der Waals surface area contributed by atoms with Crippen molar-refractivity contribution in [3.8, 4) is 0 Å². The Kier molecular flexibility index (Phi) is 15.7. The lowest BCUT2D eigenvalue weighted by atomic mass is 9.91. The molecule has 0 unspecified atom stereocenters. The van der Waals surface area contributed by atoms with Crippen LogP contribution in [-0.4, -0.2) is 28.9 Å². The zero-order valence-corrected chi connectivity index (χ0v) is 21.7. The van der Waals surface area contributed by atoms with Crippen LogP contribution in [0.15, 0.2) is 42.5 Å². The van der Waals surface area contributed by atoms with Crippen molar-refractivity contribution in [1.29, 1.82) is 0 Å². The first kappa shape index (κ1) is 32.8. The zero-order valence-electron chi connectivity index (χ0n) is 21.7. The predicted molar refractivity (Wildman–Crippen MR) is 146 cm³/mol. The molecule has 5 heteroatoms. The fraction of sp³-hybridized carbons (Fsp3) is 0.452. The lowest BCUT2D eigenvalue weighted by Crippen LogP contribution is -2.10. The second-order valence-corrected chi connectivity index (χ2v) is 9.07. The summed E-state index contributed by atoms with van der Waals surface area (Å²) in [5.41, 5.74) is 3.60. The van der Waals surface area contributed by atoms with Crippen molar-refractivity contribution in [3.63, 3.8) is 0 Å². The van der Waals surface area contributed by atoms with E-state index in [9.17, 15) is 24.0 Å². The first-order chi connectivity index (χ1) is 16.5. The summed E-state index contributed by atoms with van der Waals surface area (Å²) in [4.78, 5) is 56.9. The summed E-state index contributed by atoms with van der Waals surface area (Å²) in [5.74, 6) is 0.431.